The van der Waals surface area contributed by atoms with E-state index in [9.17, 15) is 23.1 Å². The van der Waals surface area contributed by atoms with E-state index in [0.717, 1.165) is 22.0 Å². The predicted octanol–water partition coefficient (Wildman–Crippen LogP) is 3.12. The van der Waals surface area contributed by atoms with Crippen molar-refractivity contribution in [2.24, 2.45) is 7.05 Å². The highest BCUT2D eigenvalue weighted by Crippen LogP contribution is 2.40. The van der Waals surface area contributed by atoms with Gasteiger partial charge in [0.25, 0.3) is 0 Å². The van der Waals surface area contributed by atoms with E-state index in [4.69, 9.17) is 0 Å². The molecule has 0 radical (unpaired) electrons. The molecule has 1 aromatic carbocycles. The number of halogens is 3. The number of aryl methyl sites for hydroxylation is 1. The van der Waals surface area contributed by atoms with Gasteiger partial charge in [-0.15, -0.1) is 0 Å². The maximum Gasteiger partial charge on any atom is 0.425 e. The van der Waals surface area contributed by atoms with Crippen LogP contribution in [-0.4, -0.2) is 41.5 Å². The Hall–Kier alpha value is -3.99. The number of benzene rings is 1. The number of carbonyl (C=O) groups excluding carboxylic acids is 1. The molecule has 0 aliphatic carbocycles. The molecule has 176 valence electrons. The molecule has 2 N–H and O–H groups in total. The van der Waals surface area contributed by atoms with Gasteiger partial charge in [0, 0.05) is 55.7 Å². The van der Waals surface area contributed by atoms with Gasteiger partial charge in [0.2, 0.25) is 11.5 Å². The molecule has 1 atom stereocenters. The van der Waals surface area contributed by atoms with Gasteiger partial charge in [-0.25, -0.2) is 9.67 Å². The maximum atomic E-state index is 13.7. The highest BCUT2D eigenvalue weighted by molar-refractivity contribution is 5.77. The Kier molecular flexibility index (Phi) is 6.20. The first-order chi connectivity index (χ1) is 16.2. The molecular weight excluding hydrogens is 449 g/mol. The minimum Gasteiger partial charge on any atom is -0.374 e. The number of aromatic nitrogens is 5. The number of alkyl halides is 3. The Labute approximate surface area is 192 Å². The molecule has 3 heterocycles. The monoisotopic (exact) mass is 470 g/mol. The Morgan fingerprint density at radius 3 is 2.41 bits per heavy atom. The van der Waals surface area contributed by atoms with Crippen molar-refractivity contribution in [1.82, 2.24) is 29.6 Å². The van der Waals surface area contributed by atoms with E-state index < -0.39 is 29.9 Å². The van der Waals surface area contributed by atoms with Gasteiger partial charge in [0.1, 0.15) is 0 Å². The Morgan fingerprint density at radius 1 is 1.09 bits per heavy atom. The minimum absolute atomic E-state index is 0.0994. The summed E-state index contributed by atoms with van der Waals surface area (Å²) in [5.74, 6) is -1.65. The normalized spacial score (nSPS) is 13.4. The van der Waals surface area contributed by atoms with Crippen molar-refractivity contribution in [3.05, 3.63) is 84.8 Å². The lowest BCUT2D eigenvalue weighted by atomic mass is 9.97. The van der Waals surface area contributed by atoms with Crippen LogP contribution in [0.1, 0.15) is 17.8 Å². The van der Waals surface area contributed by atoms with Crippen LogP contribution in [0.2, 0.25) is 0 Å². The highest BCUT2D eigenvalue weighted by atomic mass is 19.4. The highest BCUT2D eigenvalue weighted by Gasteiger charge is 2.58. The van der Waals surface area contributed by atoms with Crippen molar-refractivity contribution in [2.45, 2.75) is 24.7 Å². The van der Waals surface area contributed by atoms with E-state index in [-0.39, 0.29) is 6.54 Å². The first-order valence-electron chi connectivity index (χ1n) is 10.3. The predicted molar refractivity (Wildman–Crippen MR) is 116 cm³/mol. The zero-order chi connectivity index (χ0) is 24.3. The lowest BCUT2D eigenvalue weighted by Gasteiger charge is -2.29. The molecule has 0 saturated carbocycles. The van der Waals surface area contributed by atoms with Crippen molar-refractivity contribution >= 4 is 5.91 Å². The van der Waals surface area contributed by atoms with Gasteiger partial charge in [-0.2, -0.15) is 18.3 Å². The molecule has 0 spiro atoms. The molecule has 8 nitrogen and oxygen atoms in total. The van der Waals surface area contributed by atoms with Gasteiger partial charge in [-0.3, -0.25) is 9.78 Å². The second kappa shape index (κ2) is 9.10. The average molecular weight is 470 g/mol. The van der Waals surface area contributed by atoms with Crippen molar-refractivity contribution in [1.29, 1.82) is 0 Å². The summed E-state index contributed by atoms with van der Waals surface area (Å²) in [6, 6.07) is 12.7. The topological polar surface area (TPSA) is 97.9 Å². The number of hydrogen-bond acceptors (Lipinski definition) is 5. The molecule has 4 aromatic rings. The van der Waals surface area contributed by atoms with Crippen LogP contribution in [0.4, 0.5) is 13.2 Å². The zero-order valence-electron chi connectivity index (χ0n) is 18.1. The molecule has 0 aliphatic rings. The van der Waals surface area contributed by atoms with Crippen LogP contribution in [0.3, 0.4) is 0 Å². The third kappa shape index (κ3) is 4.55. The van der Waals surface area contributed by atoms with Crippen LogP contribution in [-0.2, 0) is 24.0 Å². The summed E-state index contributed by atoms with van der Waals surface area (Å²) < 4.78 is 43.9. The van der Waals surface area contributed by atoms with Crippen LogP contribution in [0.5, 0.6) is 0 Å². The van der Waals surface area contributed by atoms with Gasteiger partial charge in [0.15, 0.2) is 5.82 Å². The first-order valence-corrected chi connectivity index (χ1v) is 10.3. The lowest BCUT2D eigenvalue weighted by molar-refractivity contribution is -0.271. The fraction of sp³-hybridized carbons (Fsp3) is 0.217. The Balaban J connectivity index is 1.58. The zero-order valence-corrected chi connectivity index (χ0v) is 18.1. The number of amides is 1. The third-order valence-electron chi connectivity index (χ3n) is 5.32. The molecule has 1 amide bonds. The number of nitrogens with one attached hydrogen (secondary N) is 1. The van der Waals surface area contributed by atoms with Crippen molar-refractivity contribution in [3.63, 3.8) is 0 Å². The minimum atomic E-state index is -5.11. The first kappa shape index (κ1) is 23.2. The second-order valence-corrected chi connectivity index (χ2v) is 7.69. The van der Waals surface area contributed by atoms with Crippen molar-refractivity contribution in [3.8, 4) is 16.9 Å². The molecule has 0 saturated heterocycles. The molecule has 34 heavy (non-hydrogen) atoms. The fourth-order valence-electron chi connectivity index (χ4n) is 3.56. The summed E-state index contributed by atoms with van der Waals surface area (Å²) in [6.45, 7) is -0.0994. The number of carbonyl (C=O) groups is 1. The summed E-state index contributed by atoms with van der Waals surface area (Å²) in [4.78, 5) is 20.2. The largest absolute Gasteiger partial charge is 0.425 e. The quantitative estimate of drug-likeness (QED) is 0.433. The van der Waals surface area contributed by atoms with Gasteiger partial charge in [-0.05, 0) is 24.3 Å². The van der Waals surface area contributed by atoms with E-state index in [1.54, 1.807) is 35.4 Å². The molecule has 11 heteroatoms. The third-order valence-corrected chi connectivity index (χ3v) is 5.32. The Morgan fingerprint density at radius 2 is 1.79 bits per heavy atom. The summed E-state index contributed by atoms with van der Waals surface area (Å²) in [7, 11) is 1.32. The number of imidazole rings is 1. The van der Waals surface area contributed by atoms with Crippen LogP contribution in [0, 0.1) is 0 Å². The van der Waals surface area contributed by atoms with Crippen LogP contribution in [0.25, 0.3) is 16.9 Å². The van der Waals surface area contributed by atoms with Crippen molar-refractivity contribution in [2.75, 3.05) is 0 Å². The van der Waals surface area contributed by atoms with E-state index in [1.807, 2.05) is 30.3 Å². The number of aliphatic hydroxyl groups is 1. The summed E-state index contributed by atoms with van der Waals surface area (Å²) in [5, 5.41) is 17.5. The molecule has 3 aromatic heterocycles. The summed E-state index contributed by atoms with van der Waals surface area (Å²) in [5.41, 5.74) is -0.805. The summed E-state index contributed by atoms with van der Waals surface area (Å²) in [6.07, 6.45) is 0.930. The van der Waals surface area contributed by atoms with Crippen LogP contribution in [0.15, 0.2) is 73.4 Å². The van der Waals surface area contributed by atoms with E-state index in [2.05, 4.69) is 20.4 Å². The molecule has 0 fully saturated rings. The number of nitrogens with zero attached hydrogens (tertiary/aromatic N) is 5. The van der Waals surface area contributed by atoms with Crippen LogP contribution < -0.4 is 5.32 Å². The fourth-order valence-corrected chi connectivity index (χ4v) is 3.56. The molecule has 0 aliphatic heterocycles. The van der Waals surface area contributed by atoms with Gasteiger partial charge >= 0.3 is 6.18 Å². The van der Waals surface area contributed by atoms with Crippen molar-refractivity contribution < 1.29 is 23.1 Å². The van der Waals surface area contributed by atoms with E-state index in [1.165, 1.54) is 13.2 Å². The van der Waals surface area contributed by atoms with Gasteiger partial charge in [0.05, 0.1) is 17.8 Å². The number of para-hydroxylation sites is 1. The number of rotatable bonds is 7. The standard InChI is InChI=1S/C23H21F3N6O2/c1-31-12-11-28-21(31)22(34,23(24,25)26)13-19(33)29-14-17-15-32(18-5-3-2-4-6-18)30-20(17)16-7-9-27-10-8-16/h2-12,15,34H,13-14H2,1H3,(H,29,33). The molecule has 0 bridgehead atoms. The number of hydrogen-bond donors (Lipinski definition) is 2. The molecule has 4 rings (SSSR count). The van der Waals surface area contributed by atoms with Crippen LogP contribution >= 0.6 is 0 Å². The number of pyridine rings is 1. The summed E-state index contributed by atoms with van der Waals surface area (Å²) >= 11 is 0. The van der Waals surface area contributed by atoms with Gasteiger partial charge in [-0.1, -0.05) is 18.2 Å². The average Bonchev–Trinajstić information content (AvgIpc) is 3.45. The van der Waals surface area contributed by atoms with E-state index >= 15 is 0 Å². The maximum absolute atomic E-state index is 13.7. The smallest absolute Gasteiger partial charge is 0.374 e. The SMILES string of the molecule is Cn1ccnc1C(O)(CC(=O)NCc1cn(-c2ccccc2)nc1-c1ccncc1)C(F)(F)F. The second-order valence-electron chi connectivity index (χ2n) is 7.69. The van der Waals surface area contributed by atoms with E-state index in [0.29, 0.717) is 11.3 Å². The molecular formula is C23H21F3N6O2. The Bertz CT molecular complexity index is 1270. The molecule has 1 unspecified atom stereocenters. The van der Waals surface area contributed by atoms with Gasteiger partial charge < -0.3 is 15.0 Å². The lowest BCUT2D eigenvalue weighted by Crippen LogP contribution is -2.47.